The minimum absolute atomic E-state index is 0.0760. The minimum atomic E-state index is -1.38. The van der Waals surface area contributed by atoms with Gasteiger partial charge in [-0.15, -0.1) is 0 Å². The van der Waals surface area contributed by atoms with Gasteiger partial charge in [0.2, 0.25) is 6.10 Å². The van der Waals surface area contributed by atoms with Gasteiger partial charge in [-0.1, -0.05) is 60.1 Å². The Kier molecular flexibility index (Phi) is 9.48. The van der Waals surface area contributed by atoms with Crippen molar-refractivity contribution in [3.8, 4) is 0 Å². The predicted octanol–water partition coefficient (Wildman–Crippen LogP) is 5.34. The molecule has 9 heteroatoms. The Bertz CT molecular complexity index is 1430. The summed E-state index contributed by atoms with van der Waals surface area (Å²) in [5.74, 6) is -1.83. The standard InChI is InChI=1S/C30H28ClN3O5/c1-20(35)39-28(27(21-9-4-2-5-10-21)34-29(36)22-11-6-3-7-12-22)30(37)38-18-8-16-32-25-15-17-33-26-19-23(31)13-14-24(25)26/h2-7,9-15,17,19,27-28H,8,16,18H2,1H3,(H,32,33)(H,34,36)/t27-,28+/m0/s1. The van der Waals surface area contributed by atoms with Crippen LogP contribution in [0.25, 0.3) is 10.9 Å². The number of nitrogens with zero attached hydrogens (tertiary/aromatic N) is 1. The number of anilines is 1. The van der Waals surface area contributed by atoms with E-state index in [4.69, 9.17) is 21.1 Å². The molecular formula is C30H28ClN3O5. The lowest BCUT2D eigenvalue weighted by molar-refractivity contribution is -0.168. The Morgan fingerprint density at radius 1 is 0.949 bits per heavy atom. The van der Waals surface area contributed by atoms with Crippen molar-refractivity contribution in [3.63, 3.8) is 0 Å². The topological polar surface area (TPSA) is 107 Å². The van der Waals surface area contributed by atoms with Crippen molar-refractivity contribution in [3.05, 3.63) is 107 Å². The van der Waals surface area contributed by atoms with Gasteiger partial charge in [-0.25, -0.2) is 4.79 Å². The van der Waals surface area contributed by atoms with Crippen LogP contribution in [0.1, 0.15) is 35.3 Å². The number of carbonyl (C=O) groups is 3. The van der Waals surface area contributed by atoms with Crippen LogP contribution in [0.4, 0.5) is 5.69 Å². The van der Waals surface area contributed by atoms with Crippen molar-refractivity contribution in [2.45, 2.75) is 25.5 Å². The summed E-state index contributed by atoms with van der Waals surface area (Å²) >= 11 is 6.06. The van der Waals surface area contributed by atoms with Crippen LogP contribution in [-0.2, 0) is 19.1 Å². The number of hydrogen-bond donors (Lipinski definition) is 2. The molecule has 8 nitrogen and oxygen atoms in total. The molecule has 4 rings (SSSR count). The van der Waals surface area contributed by atoms with Gasteiger partial charge < -0.3 is 20.1 Å². The highest BCUT2D eigenvalue weighted by atomic mass is 35.5. The van der Waals surface area contributed by atoms with Crippen molar-refractivity contribution < 1.29 is 23.9 Å². The third-order valence-corrected chi connectivity index (χ3v) is 6.13. The van der Waals surface area contributed by atoms with Crippen molar-refractivity contribution in [2.75, 3.05) is 18.5 Å². The van der Waals surface area contributed by atoms with Gasteiger partial charge in [-0.2, -0.15) is 0 Å². The van der Waals surface area contributed by atoms with E-state index in [1.165, 1.54) is 6.92 Å². The number of ether oxygens (including phenoxy) is 2. The van der Waals surface area contributed by atoms with Gasteiger partial charge in [-0.3, -0.25) is 14.6 Å². The molecule has 2 N–H and O–H groups in total. The number of carbonyl (C=O) groups excluding carboxylic acids is 3. The SMILES string of the molecule is CC(=O)O[C@@H](C(=O)OCCCNc1ccnc2cc(Cl)ccc12)[C@@H](NC(=O)c1ccccc1)c1ccccc1. The molecule has 0 saturated heterocycles. The average molecular weight is 546 g/mol. The second-order valence-corrected chi connectivity index (χ2v) is 9.16. The lowest BCUT2D eigenvalue weighted by atomic mass is 10.0. The molecular weight excluding hydrogens is 518 g/mol. The van der Waals surface area contributed by atoms with Gasteiger partial charge in [0, 0.05) is 41.3 Å². The largest absolute Gasteiger partial charge is 0.463 e. The fourth-order valence-corrected chi connectivity index (χ4v) is 4.23. The van der Waals surface area contributed by atoms with Crippen molar-refractivity contribution in [1.29, 1.82) is 0 Å². The number of amides is 1. The molecule has 0 saturated carbocycles. The molecule has 4 aromatic rings. The second-order valence-electron chi connectivity index (χ2n) is 8.73. The third-order valence-electron chi connectivity index (χ3n) is 5.89. The number of benzene rings is 3. The van der Waals surface area contributed by atoms with E-state index in [9.17, 15) is 14.4 Å². The number of nitrogens with one attached hydrogen (secondary N) is 2. The van der Waals surface area contributed by atoms with E-state index in [-0.39, 0.29) is 6.61 Å². The molecule has 0 aliphatic carbocycles. The predicted molar refractivity (Wildman–Crippen MR) is 149 cm³/mol. The van der Waals surface area contributed by atoms with Crippen LogP contribution in [0.15, 0.2) is 91.1 Å². The lowest BCUT2D eigenvalue weighted by Crippen LogP contribution is -2.43. The summed E-state index contributed by atoms with van der Waals surface area (Å²) in [6.07, 6.45) is 0.805. The zero-order chi connectivity index (χ0) is 27.6. The first-order valence-corrected chi connectivity index (χ1v) is 12.8. The highest BCUT2D eigenvalue weighted by molar-refractivity contribution is 6.31. The Hall–Kier alpha value is -4.43. The highest BCUT2D eigenvalue weighted by Gasteiger charge is 2.35. The van der Waals surface area contributed by atoms with Gasteiger partial charge >= 0.3 is 11.9 Å². The van der Waals surface area contributed by atoms with Crippen LogP contribution in [0, 0.1) is 0 Å². The first-order valence-electron chi connectivity index (χ1n) is 12.5. The number of esters is 2. The maximum Gasteiger partial charge on any atom is 0.350 e. The summed E-state index contributed by atoms with van der Waals surface area (Å²) in [6, 6.07) is 23.8. The van der Waals surface area contributed by atoms with Crippen molar-refractivity contribution in [1.82, 2.24) is 10.3 Å². The molecule has 0 radical (unpaired) electrons. The monoisotopic (exact) mass is 545 g/mol. The van der Waals surface area contributed by atoms with Gasteiger partial charge in [0.1, 0.15) is 6.04 Å². The zero-order valence-electron chi connectivity index (χ0n) is 21.3. The molecule has 1 amide bonds. The first kappa shape index (κ1) is 27.6. The Morgan fingerprint density at radius 3 is 2.38 bits per heavy atom. The van der Waals surface area contributed by atoms with E-state index >= 15 is 0 Å². The number of fused-ring (bicyclic) bond motifs is 1. The molecule has 200 valence electrons. The lowest BCUT2D eigenvalue weighted by Gasteiger charge is -2.26. The van der Waals surface area contributed by atoms with E-state index in [2.05, 4.69) is 15.6 Å². The summed E-state index contributed by atoms with van der Waals surface area (Å²) < 4.78 is 10.9. The first-order chi connectivity index (χ1) is 18.9. The van der Waals surface area contributed by atoms with Crippen molar-refractivity contribution in [2.24, 2.45) is 0 Å². The zero-order valence-corrected chi connectivity index (χ0v) is 22.1. The quantitative estimate of drug-likeness (QED) is 0.194. The molecule has 0 aliphatic rings. The normalized spacial score (nSPS) is 12.3. The fraction of sp³-hybridized carbons (Fsp3) is 0.200. The molecule has 0 aliphatic heterocycles. The molecule has 0 fully saturated rings. The Balaban J connectivity index is 1.41. The van der Waals surface area contributed by atoms with Gasteiger partial charge in [-0.05, 0) is 48.4 Å². The van der Waals surface area contributed by atoms with E-state index < -0.39 is 30.0 Å². The summed E-state index contributed by atoms with van der Waals surface area (Å²) in [5, 5.41) is 7.69. The van der Waals surface area contributed by atoms with Crippen molar-refractivity contribution >= 4 is 46.0 Å². The molecule has 0 spiro atoms. The average Bonchev–Trinajstić information content (AvgIpc) is 2.95. The molecule has 3 aromatic carbocycles. The second kappa shape index (κ2) is 13.4. The third kappa shape index (κ3) is 7.55. The van der Waals surface area contributed by atoms with E-state index in [1.807, 2.05) is 18.2 Å². The maximum absolute atomic E-state index is 13.2. The van der Waals surface area contributed by atoms with Gasteiger partial charge in [0.15, 0.2) is 0 Å². The van der Waals surface area contributed by atoms with Crippen LogP contribution in [-0.4, -0.2) is 42.1 Å². The Morgan fingerprint density at radius 2 is 1.67 bits per heavy atom. The van der Waals surface area contributed by atoms with Crippen LogP contribution in [0.2, 0.25) is 5.02 Å². The number of pyridine rings is 1. The highest BCUT2D eigenvalue weighted by Crippen LogP contribution is 2.25. The van der Waals surface area contributed by atoms with Crippen LogP contribution < -0.4 is 10.6 Å². The maximum atomic E-state index is 13.2. The van der Waals surface area contributed by atoms with Crippen LogP contribution in [0.3, 0.4) is 0 Å². The number of halogens is 1. The molecule has 0 unspecified atom stereocenters. The molecule has 0 bridgehead atoms. The van der Waals surface area contributed by atoms with E-state index in [1.54, 1.807) is 72.9 Å². The van der Waals surface area contributed by atoms with E-state index in [0.717, 1.165) is 16.6 Å². The van der Waals surface area contributed by atoms with Crippen LogP contribution in [0.5, 0.6) is 0 Å². The molecule has 1 aromatic heterocycles. The Labute approximate surface area is 231 Å². The van der Waals surface area contributed by atoms with Gasteiger partial charge in [0.25, 0.3) is 5.91 Å². The number of hydrogen-bond acceptors (Lipinski definition) is 7. The number of rotatable bonds is 11. The van der Waals surface area contributed by atoms with Crippen LogP contribution >= 0.6 is 11.6 Å². The molecule has 1 heterocycles. The summed E-state index contributed by atoms with van der Waals surface area (Å²) in [4.78, 5) is 42.4. The fourth-order valence-electron chi connectivity index (χ4n) is 4.06. The van der Waals surface area contributed by atoms with Gasteiger partial charge in [0.05, 0.1) is 12.1 Å². The minimum Gasteiger partial charge on any atom is -0.463 e. The summed E-state index contributed by atoms with van der Waals surface area (Å²) in [5.41, 5.74) is 2.66. The number of aromatic nitrogens is 1. The summed E-state index contributed by atoms with van der Waals surface area (Å²) in [6.45, 7) is 1.80. The smallest absolute Gasteiger partial charge is 0.350 e. The molecule has 39 heavy (non-hydrogen) atoms. The van der Waals surface area contributed by atoms with E-state index in [0.29, 0.717) is 29.1 Å². The summed E-state index contributed by atoms with van der Waals surface area (Å²) in [7, 11) is 0. The molecule has 2 atom stereocenters.